The first-order valence-electron chi connectivity index (χ1n) is 7.46. The highest BCUT2D eigenvalue weighted by molar-refractivity contribution is 6.32. The summed E-state index contributed by atoms with van der Waals surface area (Å²) >= 11 is 6.17. The number of hydrogen-bond acceptors (Lipinski definition) is 4. The molecule has 5 nitrogen and oxygen atoms in total. The van der Waals surface area contributed by atoms with E-state index in [1.807, 2.05) is 6.92 Å². The van der Waals surface area contributed by atoms with Gasteiger partial charge in [0, 0.05) is 12.6 Å². The van der Waals surface area contributed by atoms with Gasteiger partial charge in [-0.05, 0) is 26.0 Å². The van der Waals surface area contributed by atoms with Crippen molar-refractivity contribution in [3.63, 3.8) is 0 Å². The number of halogens is 3. The van der Waals surface area contributed by atoms with Gasteiger partial charge in [-0.15, -0.1) is 0 Å². The normalized spacial score (nSPS) is 12.0. The number of benzene rings is 1. The molecule has 0 fully saturated rings. The molecular formula is C17H14ClF2N3O2. The lowest BCUT2D eigenvalue weighted by Crippen LogP contribution is -2.02. The molecule has 130 valence electrons. The molecule has 2 heterocycles. The molecule has 0 saturated heterocycles. The van der Waals surface area contributed by atoms with Crippen molar-refractivity contribution in [1.82, 2.24) is 14.8 Å². The number of oxazole rings is 1. The molecule has 0 amide bonds. The summed E-state index contributed by atoms with van der Waals surface area (Å²) in [5, 5.41) is 14.9. The van der Waals surface area contributed by atoms with Crippen molar-refractivity contribution in [3.8, 4) is 11.5 Å². The fraction of sp³-hybridized carbons (Fsp3) is 0.176. The average molecular weight is 366 g/mol. The van der Waals surface area contributed by atoms with Crippen molar-refractivity contribution in [2.75, 3.05) is 0 Å². The molecule has 0 saturated carbocycles. The average Bonchev–Trinajstić information content (AvgIpc) is 3.12. The molecule has 3 aromatic rings. The Kier molecular flexibility index (Phi) is 4.59. The maximum atomic E-state index is 13.8. The Balaban J connectivity index is 2.00. The van der Waals surface area contributed by atoms with Crippen molar-refractivity contribution in [2.45, 2.75) is 20.4 Å². The monoisotopic (exact) mass is 365 g/mol. The number of nitrogens with zero attached hydrogens (tertiary/aromatic N) is 3. The second-order valence-electron chi connectivity index (χ2n) is 5.27. The van der Waals surface area contributed by atoms with Crippen molar-refractivity contribution in [2.24, 2.45) is 0 Å². The van der Waals surface area contributed by atoms with Crippen LogP contribution in [0.15, 0.2) is 28.9 Å². The Labute approximate surface area is 147 Å². The minimum absolute atomic E-state index is 0.179. The third-order valence-electron chi connectivity index (χ3n) is 3.58. The second kappa shape index (κ2) is 6.68. The smallest absolute Gasteiger partial charge is 0.232 e. The lowest BCUT2D eigenvalue weighted by Gasteiger charge is -2.03. The van der Waals surface area contributed by atoms with Crippen LogP contribution >= 0.6 is 11.6 Å². The highest BCUT2D eigenvalue weighted by Gasteiger charge is 2.19. The van der Waals surface area contributed by atoms with Gasteiger partial charge in [-0.3, -0.25) is 4.68 Å². The van der Waals surface area contributed by atoms with E-state index in [0.717, 1.165) is 12.1 Å². The first-order valence-corrected chi connectivity index (χ1v) is 7.84. The van der Waals surface area contributed by atoms with Gasteiger partial charge in [0.05, 0.1) is 10.7 Å². The summed E-state index contributed by atoms with van der Waals surface area (Å²) in [6, 6.07) is 3.47. The van der Waals surface area contributed by atoms with Crippen molar-refractivity contribution >= 4 is 23.4 Å². The zero-order chi connectivity index (χ0) is 18.1. The van der Waals surface area contributed by atoms with Gasteiger partial charge in [0.15, 0.2) is 0 Å². The summed E-state index contributed by atoms with van der Waals surface area (Å²) < 4.78 is 34.3. The van der Waals surface area contributed by atoms with Gasteiger partial charge in [-0.25, -0.2) is 13.8 Å². The van der Waals surface area contributed by atoms with E-state index in [1.54, 1.807) is 11.6 Å². The number of rotatable bonds is 4. The molecule has 1 N–H and O–H groups in total. The van der Waals surface area contributed by atoms with Gasteiger partial charge in [0.1, 0.15) is 40.6 Å². The Morgan fingerprint density at radius 3 is 2.68 bits per heavy atom. The Morgan fingerprint density at radius 2 is 2.04 bits per heavy atom. The first-order chi connectivity index (χ1) is 11.9. The molecule has 1 aromatic carbocycles. The molecule has 0 unspecified atom stereocenters. The van der Waals surface area contributed by atoms with E-state index in [0.29, 0.717) is 23.0 Å². The van der Waals surface area contributed by atoms with Crippen LogP contribution in [0.2, 0.25) is 5.02 Å². The maximum Gasteiger partial charge on any atom is 0.232 e. The van der Waals surface area contributed by atoms with Crippen molar-refractivity contribution in [3.05, 3.63) is 58.2 Å². The van der Waals surface area contributed by atoms with Crippen LogP contribution < -0.4 is 0 Å². The minimum atomic E-state index is -0.788. The summed E-state index contributed by atoms with van der Waals surface area (Å²) in [6.45, 7) is 4.08. The SMILES string of the molecule is CCn1nc(C)c(Cl)c1/C(O)=C/c1coc(-c2c(F)cccc2F)n1. The van der Waals surface area contributed by atoms with Crippen molar-refractivity contribution in [1.29, 1.82) is 0 Å². The topological polar surface area (TPSA) is 64.1 Å². The van der Waals surface area contributed by atoms with Gasteiger partial charge in [-0.1, -0.05) is 17.7 Å². The standard InChI is InChI=1S/C17H14ClF2N3O2/c1-3-23-16(15(18)9(2)22-23)13(24)7-10-8-25-17(21-10)14-11(19)5-4-6-12(14)20/h4-8,24H,3H2,1-2H3/b13-7-. The predicted octanol–water partition coefficient (Wildman–Crippen LogP) is 4.85. The highest BCUT2D eigenvalue weighted by Crippen LogP contribution is 2.29. The van der Waals surface area contributed by atoms with Crippen LogP contribution in [0.5, 0.6) is 0 Å². The molecule has 8 heteroatoms. The molecular weight excluding hydrogens is 352 g/mol. The Morgan fingerprint density at radius 1 is 1.36 bits per heavy atom. The van der Waals surface area contributed by atoms with E-state index in [9.17, 15) is 13.9 Å². The quantitative estimate of drug-likeness (QED) is 0.671. The number of aliphatic hydroxyl groups is 1. The predicted molar refractivity (Wildman–Crippen MR) is 90.0 cm³/mol. The van der Waals surface area contributed by atoms with E-state index >= 15 is 0 Å². The van der Waals surface area contributed by atoms with Crippen LogP contribution in [-0.2, 0) is 6.54 Å². The summed E-state index contributed by atoms with van der Waals surface area (Å²) in [5.74, 6) is -1.98. The van der Waals surface area contributed by atoms with Crippen LogP contribution in [-0.4, -0.2) is 19.9 Å². The van der Waals surface area contributed by atoms with E-state index in [4.69, 9.17) is 16.0 Å². The third kappa shape index (κ3) is 3.15. The van der Waals surface area contributed by atoms with E-state index in [1.165, 1.54) is 18.4 Å². The van der Waals surface area contributed by atoms with Crippen LogP contribution in [0.4, 0.5) is 8.78 Å². The lowest BCUT2D eigenvalue weighted by molar-refractivity contribution is 0.498. The second-order valence-corrected chi connectivity index (χ2v) is 5.65. The molecule has 0 radical (unpaired) electrons. The maximum absolute atomic E-state index is 13.8. The van der Waals surface area contributed by atoms with E-state index < -0.39 is 11.6 Å². The summed E-state index contributed by atoms with van der Waals surface area (Å²) in [5.41, 5.74) is 0.734. The van der Waals surface area contributed by atoms with Gasteiger partial charge in [-0.2, -0.15) is 5.10 Å². The number of aromatic nitrogens is 3. The molecule has 0 bridgehead atoms. The fourth-order valence-corrected chi connectivity index (χ4v) is 2.64. The van der Waals surface area contributed by atoms with Gasteiger partial charge in [0.2, 0.25) is 5.89 Å². The zero-order valence-corrected chi connectivity index (χ0v) is 14.2. The first kappa shape index (κ1) is 17.2. The molecule has 3 rings (SSSR count). The van der Waals surface area contributed by atoms with Crippen LogP contribution in [0, 0.1) is 18.6 Å². The third-order valence-corrected chi connectivity index (χ3v) is 4.03. The van der Waals surface area contributed by atoms with Gasteiger partial charge in [0.25, 0.3) is 0 Å². The van der Waals surface area contributed by atoms with Crippen LogP contribution in [0.3, 0.4) is 0 Å². The molecule has 2 aromatic heterocycles. The van der Waals surface area contributed by atoms with Crippen molar-refractivity contribution < 1.29 is 18.3 Å². The molecule has 0 aliphatic rings. The Hall–Kier alpha value is -2.67. The summed E-state index contributed by atoms with van der Waals surface area (Å²) in [4.78, 5) is 4.00. The number of hydrogen-bond donors (Lipinski definition) is 1. The van der Waals surface area contributed by atoms with Crippen LogP contribution in [0.1, 0.15) is 24.0 Å². The van der Waals surface area contributed by atoms with Gasteiger partial charge >= 0.3 is 0 Å². The summed E-state index contributed by atoms with van der Waals surface area (Å²) in [7, 11) is 0. The fourth-order valence-electron chi connectivity index (χ4n) is 2.41. The van der Waals surface area contributed by atoms with E-state index in [-0.39, 0.29) is 22.9 Å². The Bertz CT molecular complexity index is 943. The van der Waals surface area contributed by atoms with Crippen LogP contribution in [0.25, 0.3) is 23.3 Å². The zero-order valence-electron chi connectivity index (χ0n) is 13.4. The number of aryl methyl sites for hydroxylation is 2. The highest BCUT2D eigenvalue weighted by atomic mass is 35.5. The number of aliphatic hydroxyl groups excluding tert-OH is 1. The lowest BCUT2D eigenvalue weighted by atomic mass is 10.2. The molecule has 25 heavy (non-hydrogen) atoms. The molecule has 0 aliphatic carbocycles. The molecule has 0 aliphatic heterocycles. The minimum Gasteiger partial charge on any atom is -0.506 e. The van der Waals surface area contributed by atoms with Gasteiger partial charge < -0.3 is 9.52 Å². The van der Waals surface area contributed by atoms with E-state index in [2.05, 4.69) is 10.1 Å². The largest absolute Gasteiger partial charge is 0.506 e. The molecule has 0 spiro atoms. The summed E-state index contributed by atoms with van der Waals surface area (Å²) in [6.07, 6.45) is 2.48. The molecule has 0 atom stereocenters.